The van der Waals surface area contributed by atoms with Gasteiger partial charge in [0, 0.05) is 70.7 Å². The Hall–Kier alpha value is -2.79. The van der Waals surface area contributed by atoms with Crippen LogP contribution in [0.3, 0.4) is 0 Å². The summed E-state index contributed by atoms with van der Waals surface area (Å²) in [5, 5.41) is 9.15. The Bertz CT molecular complexity index is 1140. The fraction of sp³-hybridized carbons (Fsp3) is 0.500. The highest BCUT2D eigenvalue weighted by Gasteiger charge is 2.53. The summed E-state index contributed by atoms with van der Waals surface area (Å²) in [4.78, 5) is 34.2. The Balaban J connectivity index is 1.59. The van der Waals surface area contributed by atoms with Gasteiger partial charge in [-0.1, -0.05) is 23.9 Å². The lowest BCUT2D eigenvalue weighted by atomic mass is 10.00. The zero-order chi connectivity index (χ0) is 27.3. The van der Waals surface area contributed by atoms with Crippen molar-refractivity contribution >= 4 is 29.3 Å². The molecule has 9 nitrogen and oxygen atoms in total. The molecular weight excluding hydrogens is 504 g/mol. The number of anilines is 1. The number of likely N-dealkylation sites (N-methyl/N-ethyl adjacent to an activating group) is 2. The molecule has 2 heterocycles. The average molecular weight is 543 g/mol. The Morgan fingerprint density at radius 2 is 1.79 bits per heavy atom. The number of piperazine rings is 1. The lowest BCUT2D eigenvalue weighted by molar-refractivity contribution is -0.138. The van der Waals surface area contributed by atoms with E-state index < -0.39 is 4.87 Å². The van der Waals surface area contributed by atoms with Gasteiger partial charge in [-0.05, 0) is 36.8 Å². The molecule has 0 saturated carbocycles. The van der Waals surface area contributed by atoms with Crippen molar-refractivity contribution in [2.75, 3.05) is 78.6 Å². The molecule has 206 valence electrons. The summed E-state index contributed by atoms with van der Waals surface area (Å²) in [6.45, 7) is 7.62. The van der Waals surface area contributed by atoms with Gasteiger partial charge < -0.3 is 29.3 Å². The molecule has 1 saturated heterocycles. The van der Waals surface area contributed by atoms with Crippen LogP contribution >= 0.6 is 11.8 Å². The number of hydrogen-bond acceptors (Lipinski definition) is 8. The Kier molecular flexibility index (Phi) is 9.19. The summed E-state index contributed by atoms with van der Waals surface area (Å²) in [7, 11) is 4.98. The predicted octanol–water partition coefficient (Wildman–Crippen LogP) is 2.47. The topological polar surface area (TPSA) is 85.8 Å². The van der Waals surface area contributed by atoms with Gasteiger partial charge in [0.2, 0.25) is 10.8 Å². The number of aliphatic hydroxyl groups is 1. The third-order valence-corrected chi connectivity index (χ3v) is 8.86. The maximum absolute atomic E-state index is 14.1. The molecule has 2 aliphatic heterocycles. The summed E-state index contributed by atoms with van der Waals surface area (Å²) in [6, 6.07) is 13.2. The molecule has 0 radical (unpaired) electrons. The number of methoxy groups -OCH3 is 1. The van der Waals surface area contributed by atoms with Gasteiger partial charge in [-0.15, -0.1) is 0 Å². The molecule has 1 N–H and O–H groups in total. The summed E-state index contributed by atoms with van der Waals surface area (Å²) in [5.74, 6) is 0.685. The molecule has 1 atom stereocenters. The largest absolute Gasteiger partial charge is 0.497 e. The van der Waals surface area contributed by atoms with Crippen molar-refractivity contribution < 1.29 is 24.2 Å². The van der Waals surface area contributed by atoms with E-state index in [2.05, 4.69) is 9.80 Å². The first-order valence-electron chi connectivity index (χ1n) is 13.0. The van der Waals surface area contributed by atoms with Crippen LogP contribution in [-0.2, 0) is 14.5 Å². The summed E-state index contributed by atoms with van der Waals surface area (Å²) in [6.07, 6.45) is 0.824. The second-order valence-corrected chi connectivity index (χ2v) is 10.9. The molecule has 1 unspecified atom stereocenters. The number of para-hydroxylation sites is 1. The van der Waals surface area contributed by atoms with E-state index in [4.69, 9.17) is 14.6 Å². The molecule has 0 aliphatic carbocycles. The fourth-order valence-electron chi connectivity index (χ4n) is 5.02. The van der Waals surface area contributed by atoms with Crippen molar-refractivity contribution in [1.29, 1.82) is 0 Å². The smallest absolute Gasteiger partial charge is 0.268 e. The van der Waals surface area contributed by atoms with E-state index >= 15 is 0 Å². The quantitative estimate of drug-likeness (QED) is 0.459. The minimum Gasteiger partial charge on any atom is -0.497 e. The molecule has 0 spiro atoms. The van der Waals surface area contributed by atoms with Gasteiger partial charge in [0.05, 0.1) is 26.0 Å². The number of aliphatic hydroxyl groups excluding tert-OH is 1. The van der Waals surface area contributed by atoms with Gasteiger partial charge in [-0.3, -0.25) is 14.5 Å². The standard InChI is InChI=1S/C28H38N4O5S/c1-21(34)30(3)28(27(35)29(2)24-8-5-6-9-26(24)38-28)23-20-22(36-4)10-11-25(23)37-19-7-12-31-13-15-32(16-14-31)17-18-33/h5-6,8-11,20,33H,7,12-19H2,1-4H3. The minimum absolute atomic E-state index is 0.195. The number of ether oxygens (including phenoxy) is 2. The monoisotopic (exact) mass is 542 g/mol. The van der Waals surface area contributed by atoms with E-state index in [1.54, 1.807) is 26.1 Å². The Labute approximate surface area is 229 Å². The lowest BCUT2D eigenvalue weighted by Crippen LogP contribution is -2.56. The van der Waals surface area contributed by atoms with Crippen LogP contribution in [0.1, 0.15) is 18.9 Å². The number of β-amino-alcohol motifs (C(OH)–C–C–N with tert-alkyl or cyclic N) is 1. The number of benzene rings is 2. The second-order valence-electron chi connectivity index (χ2n) is 9.63. The zero-order valence-corrected chi connectivity index (χ0v) is 23.5. The van der Waals surface area contributed by atoms with Crippen LogP contribution in [0.2, 0.25) is 0 Å². The second kappa shape index (κ2) is 12.4. The molecule has 4 rings (SSSR count). The first-order valence-corrected chi connectivity index (χ1v) is 13.8. The van der Waals surface area contributed by atoms with Gasteiger partial charge in [0.15, 0.2) is 0 Å². The van der Waals surface area contributed by atoms with Crippen LogP contribution in [0, 0.1) is 0 Å². The third-order valence-electron chi connectivity index (χ3n) is 7.33. The van der Waals surface area contributed by atoms with Gasteiger partial charge in [0.1, 0.15) is 11.5 Å². The third kappa shape index (κ3) is 5.63. The number of hydrogen-bond donors (Lipinski definition) is 1. The maximum atomic E-state index is 14.1. The van der Waals surface area contributed by atoms with Crippen molar-refractivity contribution in [2.45, 2.75) is 23.1 Å². The highest BCUT2D eigenvalue weighted by molar-refractivity contribution is 8.01. The molecule has 10 heteroatoms. The van der Waals surface area contributed by atoms with Crippen LogP contribution in [0.5, 0.6) is 11.5 Å². The van der Waals surface area contributed by atoms with E-state index in [-0.39, 0.29) is 18.4 Å². The van der Waals surface area contributed by atoms with Gasteiger partial charge in [0.25, 0.3) is 5.91 Å². The highest BCUT2D eigenvalue weighted by atomic mass is 32.2. The van der Waals surface area contributed by atoms with Crippen LogP contribution in [0.15, 0.2) is 47.4 Å². The molecule has 2 aromatic rings. The number of rotatable bonds is 10. The Morgan fingerprint density at radius 1 is 1.11 bits per heavy atom. The van der Waals surface area contributed by atoms with Crippen LogP contribution in [0.4, 0.5) is 5.69 Å². The number of amides is 2. The molecule has 2 aliphatic rings. The fourth-order valence-corrected chi connectivity index (χ4v) is 6.55. The van der Waals surface area contributed by atoms with Crippen LogP contribution in [0.25, 0.3) is 0 Å². The predicted molar refractivity (Wildman–Crippen MR) is 149 cm³/mol. The number of thioether (sulfide) groups is 1. The van der Waals surface area contributed by atoms with Crippen LogP contribution < -0.4 is 14.4 Å². The van der Waals surface area contributed by atoms with Gasteiger partial charge >= 0.3 is 0 Å². The minimum atomic E-state index is -1.36. The number of carbonyl (C=O) groups is 2. The van der Waals surface area contributed by atoms with Crippen LogP contribution in [-0.4, -0.2) is 105 Å². The zero-order valence-electron chi connectivity index (χ0n) is 22.7. The molecule has 1 fully saturated rings. The molecule has 38 heavy (non-hydrogen) atoms. The molecule has 2 aromatic carbocycles. The van der Waals surface area contributed by atoms with E-state index in [0.29, 0.717) is 23.7 Å². The molecule has 2 amide bonds. The summed E-state index contributed by atoms with van der Waals surface area (Å²) >= 11 is 1.35. The Morgan fingerprint density at radius 3 is 2.45 bits per heavy atom. The lowest BCUT2D eigenvalue weighted by Gasteiger charge is -2.46. The number of nitrogens with zero attached hydrogens (tertiary/aromatic N) is 4. The van der Waals surface area contributed by atoms with Gasteiger partial charge in [-0.2, -0.15) is 0 Å². The van der Waals surface area contributed by atoms with E-state index in [1.807, 2.05) is 42.5 Å². The maximum Gasteiger partial charge on any atom is 0.268 e. The van der Waals surface area contributed by atoms with Crippen molar-refractivity contribution in [3.8, 4) is 11.5 Å². The van der Waals surface area contributed by atoms with Crippen molar-refractivity contribution in [3.63, 3.8) is 0 Å². The number of carbonyl (C=O) groups excluding carboxylic acids is 2. The average Bonchev–Trinajstić information content (AvgIpc) is 2.93. The van der Waals surface area contributed by atoms with Crippen molar-refractivity contribution in [2.24, 2.45) is 0 Å². The SMILES string of the molecule is COc1ccc(OCCCN2CCN(CCO)CC2)c(C2(N(C)C(C)=O)Sc3ccccc3N(C)C2=O)c1. The first kappa shape index (κ1) is 28.2. The van der Waals surface area contributed by atoms with Gasteiger partial charge in [-0.25, -0.2) is 0 Å². The molecule has 0 aromatic heterocycles. The molecule has 0 bridgehead atoms. The van der Waals surface area contributed by atoms with Crippen molar-refractivity contribution in [3.05, 3.63) is 48.0 Å². The first-order chi connectivity index (χ1) is 18.3. The van der Waals surface area contributed by atoms with E-state index in [1.165, 1.54) is 23.6 Å². The molecular formula is C28H38N4O5S. The highest BCUT2D eigenvalue weighted by Crippen LogP contribution is 2.54. The summed E-state index contributed by atoms with van der Waals surface area (Å²) in [5.41, 5.74) is 1.39. The summed E-state index contributed by atoms with van der Waals surface area (Å²) < 4.78 is 11.8. The normalized spacial score (nSPS) is 20.2. The van der Waals surface area contributed by atoms with Crippen molar-refractivity contribution in [1.82, 2.24) is 14.7 Å². The van der Waals surface area contributed by atoms with E-state index in [9.17, 15) is 9.59 Å². The van der Waals surface area contributed by atoms with E-state index in [0.717, 1.165) is 56.3 Å². The number of fused-ring (bicyclic) bond motifs is 1.